The summed E-state index contributed by atoms with van der Waals surface area (Å²) < 4.78 is 21.9. The van der Waals surface area contributed by atoms with Gasteiger partial charge >= 0.3 is 0 Å². The van der Waals surface area contributed by atoms with Crippen LogP contribution in [0.1, 0.15) is 38.2 Å². The van der Waals surface area contributed by atoms with Crippen LogP contribution < -0.4 is 23.8 Å². The van der Waals surface area contributed by atoms with E-state index in [-0.39, 0.29) is 11.9 Å². The number of hydrogen-bond acceptors (Lipinski definition) is 6. The highest BCUT2D eigenvalue weighted by Gasteiger charge is 2.30. The minimum absolute atomic E-state index is 0.144. The Hall–Kier alpha value is -2.93. The Morgan fingerprint density at radius 2 is 1.64 bits per heavy atom. The molecule has 1 fully saturated rings. The highest BCUT2D eigenvalue weighted by molar-refractivity contribution is 5.94. The van der Waals surface area contributed by atoms with Crippen LogP contribution in [0.4, 0.5) is 5.69 Å². The van der Waals surface area contributed by atoms with Crippen molar-refractivity contribution >= 4 is 11.6 Å². The molecule has 0 atom stereocenters. The number of hydrogen-bond donors (Lipinski definition) is 0. The van der Waals surface area contributed by atoms with Gasteiger partial charge in [-0.1, -0.05) is 19.1 Å². The zero-order valence-corrected chi connectivity index (χ0v) is 20.4. The lowest BCUT2D eigenvalue weighted by Gasteiger charge is -2.39. The van der Waals surface area contributed by atoms with E-state index in [1.807, 2.05) is 42.2 Å². The minimum atomic E-state index is 0.144. The van der Waals surface area contributed by atoms with Gasteiger partial charge in [0.05, 0.1) is 28.4 Å². The van der Waals surface area contributed by atoms with Gasteiger partial charge in [0.25, 0.3) is 0 Å². The van der Waals surface area contributed by atoms with E-state index in [0.717, 1.165) is 61.6 Å². The van der Waals surface area contributed by atoms with Crippen LogP contribution in [-0.4, -0.2) is 58.4 Å². The Morgan fingerprint density at radius 3 is 2.24 bits per heavy atom. The van der Waals surface area contributed by atoms with Crippen LogP contribution in [0.3, 0.4) is 0 Å². The second-order valence-electron chi connectivity index (χ2n) is 8.21. The maximum atomic E-state index is 13.1. The number of nitrogens with zero attached hydrogens (tertiary/aromatic N) is 2. The number of methoxy groups -OCH3 is 4. The number of piperidine rings is 1. The summed E-state index contributed by atoms with van der Waals surface area (Å²) >= 11 is 0. The summed E-state index contributed by atoms with van der Waals surface area (Å²) in [5.41, 5.74) is 1.97. The van der Waals surface area contributed by atoms with Gasteiger partial charge in [0.1, 0.15) is 0 Å². The molecule has 1 amide bonds. The Balaban J connectivity index is 1.75. The lowest BCUT2D eigenvalue weighted by atomic mass is 10.0. The summed E-state index contributed by atoms with van der Waals surface area (Å²) in [5.74, 6) is 2.97. The summed E-state index contributed by atoms with van der Waals surface area (Å²) in [6.45, 7) is 4.61. The maximum Gasteiger partial charge on any atom is 0.227 e. The number of para-hydroxylation sites is 1. The first kappa shape index (κ1) is 24.7. The van der Waals surface area contributed by atoms with Gasteiger partial charge in [-0.2, -0.15) is 0 Å². The predicted octanol–water partition coefficient (Wildman–Crippen LogP) is 4.52. The average molecular weight is 457 g/mol. The van der Waals surface area contributed by atoms with Gasteiger partial charge in [-0.15, -0.1) is 0 Å². The molecule has 0 unspecified atom stereocenters. The van der Waals surface area contributed by atoms with E-state index < -0.39 is 0 Å². The van der Waals surface area contributed by atoms with Crippen molar-refractivity contribution in [3.8, 4) is 23.0 Å². The Kier molecular flexibility index (Phi) is 8.83. The molecule has 180 valence electrons. The van der Waals surface area contributed by atoms with E-state index >= 15 is 0 Å². The van der Waals surface area contributed by atoms with Crippen LogP contribution in [-0.2, 0) is 11.3 Å². The number of rotatable bonds is 10. The molecule has 0 saturated carbocycles. The van der Waals surface area contributed by atoms with Crippen molar-refractivity contribution in [2.24, 2.45) is 0 Å². The highest BCUT2D eigenvalue weighted by atomic mass is 16.5. The molecule has 0 bridgehead atoms. The number of carbonyl (C=O) groups excluding carboxylic acids is 1. The van der Waals surface area contributed by atoms with Crippen molar-refractivity contribution in [2.45, 2.75) is 45.2 Å². The molecule has 7 heteroatoms. The van der Waals surface area contributed by atoms with Crippen molar-refractivity contribution in [2.75, 3.05) is 46.4 Å². The van der Waals surface area contributed by atoms with E-state index in [0.29, 0.717) is 17.9 Å². The third kappa shape index (κ3) is 5.71. The molecule has 3 rings (SSSR count). The van der Waals surface area contributed by atoms with Gasteiger partial charge in [-0.05, 0) is 37.5 Å². The smallest absolute Gasteiger partial charge is 0.227 e. The standard InChI is InChI=1S/C26H36N2O5/c1-6-8-25(29)28(21-11-12-22(30-2)24(17-21)32-4)20-13-15-27(16-14-20)18-19-9-7-10-23(31-3)26(19)33-5/h7,9-12,17,20H,6,8,13-16,18H2,1-5H3. The largest absolute Gasteiger partial charge is 0.493 e. The van der Waals surface area contributed by atoms with E-state index in [1.54, 1.807) is 28.4 Å². The van der Waals surface area contributed by atoms with Crippen LogP contribution in [0.5, 0.6) is 23.0 Å². The third-order valence-corrected chi connectivity index (χ3v) is 6.18. The lowest BCUT2D eigenvalue weighted by molar-refractivity contribution is -0.119. The summed E-state index contributed by atoms with van der Waals surface area (Å²) in [6.07, 6.45) is 3.14. The van der Waals surface area contributed by atoms with Crippen molar-refractivity contribution in [1.82, 2.24) is 4.90 Å². The number of likely N-dealkylation sites (tertiary alicyclic amines) is 1. The Labute approximate surface area is 197 Å². The van der Waals surface area contributed by atoms with Crippen molar-refractivity contribution in [3.05, 3.63) is 42.0 Å². The van der Waals surface area contributed by atoms with Crippen LogP contribution in [0.2, 0.25) is 0 Å². The van der Waals surface area contributed by atoms with Crippen LogP contribution >= 0.6 is 0 Å². The zero-order valence-electron chi connectivity index (χ0n) is 20.4. The molecule has 1 heterocycles. The number of benzene rings is 2. The van der Waals surface area contributed by atoms with Crippen LogP contribution in [0.25, 0.3) is 0 Å². The maximum absolute atomic E-state index is 13.1. The SMILES string of the molecule is CCCC(=O)N(c1ccc(OC)c(OC)c1)C1CCN(Cc2cccc(OC)c2OC)CC1. The topological polar surface area (TPSA) is 60.5 Å². The first-order chi connectivity index (χ1) is 16.1. The molecule has 0 aliphatic carbocycles. The molecule has 1 aliphatic rings. The molecule has 2 aromatic carbocycles. The summed E-state index contributed by atoms with van der Waals surface area (Å²) in [7, 11) is 6.56. The quantitative estimate of drug-likeness (QED) is 0.524. The molecule has 7 nitrogen and oxygen atoms in total. The molecular formula is C26H36N2O5. The Morgan fingerprint density at radius 1 is 0.939 bits per heavy atom. The van der Waals surface area contributed by atoms with Gasteiger partial charge in [-0.25, -0.2) is 0 Å². The van der Waals surface area contributed by atoms with Gasteiger partial charge in [0.15, 0.2) is 23.0 Å². The van der Waals surface area contributed by atoms with Crippen molar-refractivity contribution in [3.63, 3.8) is 0 Å². The monoisotopic (exact) mass is 456 g/mol. The van der Waals surface area contributed by atoms with Crippen molar-refractivity contribution in [1.29, 1.82) is 0 Å². The van der Waals surface area contributed by atoms with E-state index in [2.05, 4.69) is 11.0 Å². The van der Waals surface area contributed by atoms with Crippen LogP contribution in [0.15, 0.2) is 36.4 Å². The van der Waals surface area contributed by atoms with Gasteiger partial charge in [0.2, 0.25) is 5.91 Å². The molecule has 0 spiro atoms. The van der Waals surface area contributed by atoms with E-state index in [1.165, 1.54) is 0 Å². The second-order valence-corrected chi connectivity index (χ2v) is 8.21. The Bertz CT molecular complexity index is 925. The number of anilines is 1. The average Bonchev–Trinajstić information content (AvgIpc) is 2.85. The lowest BCUT2D eigenvalue weighted by Crippen LogP contribution is -2.47. The highest BCUT2D eigenvalue weighted by Crippen LogP contribution is 2.35. The molecule has 0 aromatic heterocycles. The number of amides is 1. The van der Waals surface area contributed by atoms with E-state index in [9.17, 15) is 4.79 Å². The number of carbonyl (C=O) groups is 1. The molecule has 2 aromatic rings. The fourth-order valence-electron chi connectivity index (χ4n) is 4.52. The normalized spacial score (nSPS) is 14.6. The van der Waals surface area contributed by atoms with Crippen molar-refractivity contribution < 1.29 is 23.7 Å². The molecular weight excluding hydrogens is 420 g/mol. The summed E-state index contributed by atoms with van der Waals surface area (Å²) in [5, 5.41) is 0. The first-order valence-electron chi connectivity index (χ1n) is 11.5. The van der Waals surface area contributed by atoms with Gasteiger partial charge < -0.3 is 23.8 Å². The molecule has 33 heavy (non-hydrogen) atoms. The fraction of sp³-hybridized carbons (Fsp3) is 0.500. The number of ether oxygens (including phenoxy) is 4. The zero-order chi connectivity index (χ0) is 23.8. The molecule has 1 saturated heterocycles. The molecule has 1 aliphatic heterocycles. The first-order valence-corrected chi connectivity index (χ1v) is 11.5. The van der Waals surface area contributed by atoms with Crippen LogP contribution in [0, 0.1) is 0 Å². The summed E-state index contributed by atoms with van der Waals surface area (Å²) in [4.78, 5) is 17.5. The fourth-order valence-corrected chi connectivity index (χ4v) is 4.52. The molecule has 0 N–H and O–H groups in total. The second kappa shape index (κ2) is 11.8. The minimum Gasteiger partial charge on any atom is -0.493 e. The third-order valence-electron chi connectivity index (χ3n) is 6.18. The molecule has 0 radical (unpaired) electrons. The van der Waals surface area contributed by atoms with E-state index in [4.69, 9.17) is 18.9 Å². The summed E-state index contributed by atoms with van der Waals surface area (Å²) in [6, 6.07) is 11.8. The predicted molar refractivity (Wildman–Crippen MR) is 130 cm³/mol. The van der Waals surface area contributed by atoms with Gasteiger partial charge in [-0.3, -0.25) is 9.69 Å². The van der Waals surface area contributed by atoms with Gasteiger partial charge in [0, 0.05) is 49.4 Å².